The van der Waals surface area contributed by atoms with Crippen LogP contribution in [0.3, 0.4) is 0 Å². The average Bonchev–Trinajstić information content (AvgIpc) is 2.42. The smallest absolute Gasteiger partial charge is 0.323 e. The van der Waals surface area contributed by atoms with E-state index in [2.05, 4.69) is 0 Å². The number of carboxylic acids is 1. The van der Waals surface area contributed by atoms with Crippen molar-refractivity contribution in [3.63, 3.8) is 0 Å². The molecule has 0 aliphatic heterocycles. The van der Waals surface area contributed by atoms with E-state index in [-0.39, 0.29) is 12.5 Å². The summed E-state index contributed by atoms with van der Waals surface area (Å²) < 4.78 is 0. The second kappa shape index (κ2) is 7.91. The van der Waals surface area contributed by atoms with Crippen molar-refractivity contribution in [3.8, 4) is 0 Å². The number of likely N-dealkylation sites (N-methyl/N-ethyl adjacent to an activating group) is 1. The zero-order valence-electron chi connectivity index (χ0n) is 12.0. The molecule has 1 rings (SSSR count). The van der Waals surface area contributed by atoms with Gasteiger partial charge in [-0.2, -0.15) is 0 Å². The summed E-state index contributed by atoms with van der Waals surface area (Å²) >= 11 is 1.48. The largest absolute Gasteiger partial charge is 0.480 e. The molecule has 0 aromatic heterocycles. The highest BCUT2D eigenvalue weighted by molar-refractivity contribution is 7.98. The van der Waals surface area contributed by atoms with Crippen LogP contribution in [0.15, 0.2) is 29.2 Å². The summed E-state index contributed by atoms with van der Waals surface area (Å²) in [6.07, 6.45) is 1.90. The fourth-order valence-corrected chi connectivity index (χ4v) is 2.32. The first-order valence-electron chi connectivity index (χ1n) is 6.24. The van der Waals surface area contributed by atoms with Crippen LogP contribution < -0.4 is 0 Å². The lowest BCUT2D eigenvalue weighted by Gasteiger charge is -2.23. The van der Waals surface area contributed by atoms with Crippen LogP contribution in [-0.2, 0) is 4.79 Å². The van der Waals surface area contributed by atoms with Gasteiger partial charge < -0.3 is 14.9 Å². The summed E-state index contributed by atoms with van der Waals surface area (Å²) in [6, 6.07) is 7.25. The van der Waals surface area contributed by atoms with E-state index < -0.39 is 5.97 Å². The molecule has 0 radical (unpaired) electrons. The molecule has 0 bridgehead atoms. The second-order valence-corrected chi connectivity index (χ2v) is 5.47. The van der Waals surface area contributed by atoms with Crippen molar-refractivity contribution in [2.24, 2.45) is 0 Å². The first-order valence-corrected chi connectivity index (χ1v) is 7.47. The van der Waals surface area contributed by atoms with Crippen LogP contribution in [0.2, 0.25) is 0 Å². The van der Waals surface area contributed by atoms with Gasteiger partial charge in [-0.15, -0.1) is 11.8 Å². The van der Waals surface area contributed by atoms with Crippen LogP contribution in [0.4, 0.5) is 0 Å². The van der Waals surface area contributed by atoms with E-state index in [1.165, 1.54) is 16.7 Å². The molecular formula is C14H20N2O3S. The van der Waals surface area contributed by atoms with Crippen molar-refractivity contribution in [2.75, 3.05) is 40.0 Å². The van der Waals surface area contributed by atoms with Gasteiger partial charge in [-0.05, 0) is 32.5 Å². The third-order valence-electron chi connectivity index (χ3n) is 2.77. The summed E-state index contributed by atoms with van der Waals surface area (Å²) in [7, 11) is 3.78. The van der Waals surface area contributed by atoms with E-state index in [0.29, 0.717) is 18.7 Å². The molecule has 1 N–H and O–H groups in total. The van der Waals surface area contributed by atoms with Crippen molar-refractivity contribution in [1.29, 1.82) is 0 Å². The molecule has 0 atom stereocenters. The normalized spacial score (nSPS) is 10.6. The summed E-state index contributed by atoms with van der Waals surface area (Å²) in [5, 5.41) is 8.96. The molecule has 0 saturated heterocycles. The van der Waals surface area contributed by atoms with Crippen LogP contribution in [0.5, 0.6) is 0 Å². The van der Waals surface area contributed by atoms with Crippen molar-refractivity contribution >= 4 is 23.6 Å². The minimum Gasteiger partial charge on any atom is -0.480 e. The van der Waals surface area contributed by atoms with Gasteiger partial charge in [0.15, 0.2) is 0 Å². The topological polar surface area (TPSA) is 60.9 Å². The lowest BCUT2D eigenvalue weighted by Crippen LogP contribution is -2.40. The quantitative estimate of drug-likeness (QED) is 0.773. The molecule has 1 aromatic rings. The van der Waals surface area contributed by atoms with Gasteiger partial charge in [-0.3, -0.25) is 9.59 Å². The molecule has 0 fully saturated rings. The molecule has 5 nitrogen and oxygen atoms in total. The monoisotopic (exact) mass is 296 g/mol. The number of thioether (sulfide) groups is 1. The van der Waals surface area contributed by atoms with Crippen molar-refractivity contribution < 1.29 is 14.7 Å². The number of nitrogens with zero attached hydrogens (tertiary/aromatic N) is 2. The maximum atomic E-state index is 12.5. The Morgan fingerprint density at radius 1 is 1.20 bits per heavy atom. The van der Waals surface area contributed by atoms with Gasteiger partial charge in [-0.1, -0.05) is 12.1 Å². The van der Waals surface area contributed by atoms with E-state index in [4.69, 9.17) is 5.11 Å². The minimum absolute atomic E-state index is 0.237. The fraction of sp³-hybridized carbons (Fsp3) is 0.429. The molecular weight excluding hydrogens is 276 g/mol. The van der Waals surface area contributed by atoms with E-state index in [1.54, 1.807) is 12.1 Å². The summed E-state index contributed by atoms with van der Waals surface area (Å²) in [4.78, 5) is 27.6. The molecule has 0 aliphatic rings. The number of carboxylic acid groups (broad SMARTS) is 1. The van der Waals surface area contributed by atoms with E-state index in [0.717, 1.165) is 4.90 Å². The Bertz CT molecular complexity index is 477. The predicted molar refractivity (Wildman–Crippen MR) is 80.3 cm³/mol. The molecule has 1 amide bonds. The first-order chi connectivity index (χ1) is 9.45. The van der Waals surface area contributed by atoms with E-state index in [1.807, 2.05) is 37.4 Å². The number of hydrogen-bond donors (Lipinski definition) is 1. The standard InChI is InChI=1S/C14H20N2O3S/c1-15(2)8-9-16(10-13(17)18)14(19)11-6-4-5-7-12(11)20-3/h4-7H,8-10H2,1-3H3,(H,17,18). The number of carbonyl (C=O) groups is 2. The van der Waals surface area contributed by atoms with Gasteiger partial charge in [0.25, 0.3) is 5.91 Å². The third-order valence-corrected chi connectivity index (χ3v) is 3.56. The first kappa shape index (κ1) is 16.5. The highest BCUT2D eigenvalue weighted by Crippen LogP contribution is 2.21. The van der Waals surface area contributed by atoms with Crippen LogP contribution in [0, 0.1) is 0 Å². The molecule has 0 unspecified atom stereocenters. The highest BCUT2D eigenvalue weighted by atomic mass is 32.2. The van der Waals surface area contributed by atoms with Crippen molar-refractivity contribution in [3.05, 3.63) is 29.8 Å². The fourth-order valence-electron chi connectivity index (χ4n) is 1.73. The van der Waals surface area contributed by atoms with Crippen LogP contribution >= 0.6 is 11.8 Å². The SMILES string of the molecule is CSc1ccccc1C(=O)N(CCN(C)C)CC(=O)O. The number of amides is 1. The Kier molecular flexibility index (Phi) is 6.54. The zero-order valence-corrected chi connectivity index (χ0v) is 12.8. The summed E-state index contributed by atoms with van der Waals surface area (Å²) in [5.41, 5.74) is 0.556. The molecule has 0 aliphatic carbocycles. The van der Waals surface area contributed by atoms with Gasteiger partial charge in [0.05, 0.1) is 5.56 Å². The minimum atomic E-state index is -1.00. The predicted octanol–water partition coefficient (Wildman–Crippen LogP) is 1.50. The van der Waals surface area contributed by atoms with Crippen molar-refractivity contribution in [1.82, 2.24) is 9.80 Å². The van der Waals surface area contributed by atoms with Crippen LogP contribution in [0.25, 0.3) is 0 Å². The summed E-state index contributed by atoms with van der Waals surface area (Å²) in [5.74, 6) is -1.24. The summed E-state index contributed by atoms with van der Waals surface area (Å²) in [6.45, 7) is 0.733. The number of carbonyl (C=O) groups excluding carboxylic acids is 1. The number of aliphatic carboxylic acids is 1. The highest BCUT2D eigenvalue weighted by Gasteiger charge is 2.20. The lowest BCUT2D eigenvalue weighted by atomic mass is 10.2. The van der Waals surface area contributed by atoms with E-state index >= 15 is 0 Å². The molecule has 0 spiro atoms. The lowest BCUT2D eigenvalue weighted by molar-refractivity contribution is -0.137. The Labute approximate surface area is 123 Å². The van der Waals surface area contributed by atoms with Gasteiger partial charge in [0.1, 0.15) is 6.54 Å². The van der Waals surface area contributed by atoms with Gasteiger partial charge >= 0.3 is 5.97 Å². The molecule has 1 aromatic carbocycles. The zero-order chi connectivity index (χ0) is 15.1. The molecule has 110 valence electrons. The Balaban J connectivity index is 2.93. The maximum absolute atomic E-state index is 12.5. The third kappa shape index (κ3) is 4.86. The second-order valence-electron chi connectivity index (χ2n) is 4.62. The molecule has 6 heteroatoms. The Morgan fingerprint density at radius 3 is 2.40 bits per heavy atom. The molecule has 0 saturated carbocycles. The van der Waals surface area contributed by atoms with Crippen molar-refractivity contribution in [2.45, 2.75) is 4.90 Å². The number of benzene rings is 1. The Hall–Kier alpha value is -1.53. The van der Waals surface area contributed by atoms with Crippen LogP contribution in [-0.4, -0.2) is 66.8 Å². The van der Waals surface area contributed by atoms with Crippen LogP contribution in [0.1, 0.15) is 10.4 Å². The number of hydrogen-bond acceptors (Lipinski definition) is 4. The maximum Gasteiger partial charge on any atom is 0.323 e. The van der Waals surface area contributed by atoms with Gasteiger partial charge in [0, 0.05) is 18.0 Å². The Morgan fingerprint density at radius 2 is 1.85 bits per heavy atom. The van der Waals surface area contributed by atoms with Gasteiger partial charge in [0.2, 0.25) is 0 Å². The molecule has 0 heterocycles. The molecule has 20 heavy (non-hydrogen) atoms. The van der Waals surface area contributed by atoms with Gasteiger partial charge in [-0.25, -0.2) is 0 Å². The number of rotatable bonds is 7. The van der Waals surface area contributed by atoms with E-state index in [9.17, 15) is 9.59 Å². The average molecular weight is 296 g/mol.